The molecule has 2 aromatic carbocycles. The highest BCUT2D eigenvalue weighted by Crippen LogP contribution is 2.20. The number of hydrogen-bond donors (Lipinski definition) is 2. The largest absolute Gasteiger partial charge is 0.324 e. The standard InChI is InChI=1S/C26H31N5O/c1-18-12-14-31(15-13-18)17-21-4-8-23(9-5-21)29-25(32)22-6-10-24(11-7-22)30-26-27-19(2)16-20(3)28-26/h4-11,16,18H,12-15,17H2,1-3H3,(H,29,32)(H,27,28,30). The van der Waals surface area contributed by atoms with Crippen molar-refractivity contribution in [1.29, 1.82) is 0 Å². The van der Waals surface area contributed by atoms with Gasteiger partial charge in [-0.1, -0.05) is 19.1 Å². The minimum absolute atomic E-state index is 0.128. The van der Waals surface area contributed by atoms with E-state index in [1.54, 1.807) is 12.1 Å². The SMILES string of the molecule is Cc1cc(C)nc(Nc2ccc(C(=O)Nc3ccc(CN4CCC(C)CC4)cc3)cc2)n1. The van der Waals surface area contributed by atoms with Gasteiger partial charge in [-0.2, -0.15) is 0 Å². The molecule has 1 aliphatic rings. The summed E-state index contributed by atoms with van der Waals surface area (Å²) in [4.78, 5) is 23.9. The lowest BCUT2D eigenvalue weighted by Gasteiger charge is -2.30. The number of aryl methyl sites for hydroxylation is 2. The molecule has 4 rings (SSSR count). The number of piperidine rings is 1. The number of nitrogens with one attached hydrogen (secondary N) is 2. The third-order valence-corrected chi connectivity index (χ3v) is 5.88. The summed E-state index contributed by atoms with van der Waals surface area (Å²) >= 11 is 0. The zero-order valence-electron chi connectivity index (χ0n) is 19.1. The Bertz CT molecular complexity index is 1030. The number of likely N-dealkylation sites (tertiary alicyclic amines) is 1. The van der Waals surface area contributed by atoms with Crippen molar-refractivity contribution in [3.05, 3.63) is 77.1 Å². The summed E-state index contributed by atoms with van der Waals surface area (Å²) in [7, 11) is 0. The maximum Gasteiger partial charge on any atom is 0.255 e. The Morgan fingerprint density at radius 3 is 2.16 bits per heavy atom. The fourth-order valence-electron chi connectivity index (χ4n) is 3.99. The molecule has 6 nitrogen and oxygen atoms in total. The van der Waals surface area contributed by atoms with Gasteiger partial charge in [0.15, 0.2) is 0 Å². The van der Waals surface area contributed by atoms with Crippen LogP contribution in [0.3, 0.4) is 0 Å². The van der Waals surface area contributed by atoms with E-state index in [9.17, 15) is 4.79 Å². The van der Waals surface area contributed by atoms with Gasteiger partial charge in [0.05, 0.1) is 0 Å². The van der Waals surface area contributed by atoms with Crippen LogP contribution < -0.4 is 10.6 Å². The van der Waals surface area contributed by atoms with E-state index in [1.807, 2.05) is 44.2 Å². The van der Waals surface area contributed by atoms with E-state index in [0.717, 1.165) is 35.2 Å². The molecule has 0 saturated carbocycles. The van der Waals surface area contributed by atoms with E-state index in [0.29, 0.717) is 11.5 Å². The van der Waals surface area contributed by atoms with Crippen LogP contribution in [-0.4, -0.2) is 33.9 Å². The minimum Gasteiger partial charge on any atom is -0.324 e. The highest BCUT2D eigenvalue weighted by atomic mass is 16.1. The third kappa shape index (κ3) is 5.92. The average molecular weight is 430 g/mol. The molecule has 32 heavy (non-hydrogen) atoms. The average Bonchev–Trinajstić information content (AvgIpc) is 2.76. The number of hydrogen-bond acceptors (Lipinski definition) is 5. The molecule has 1 aliphatic heterocycles. The first-order valence-corrected chi connectivity index (χ1v) is 11.3. The topological polar surface area (TPSA) is 70.2 Å². The quantitative estimate of drug-likeness (QED) is 0.555. The van der Waals surface area contributed by atoms with Crippen LogP contribution >= 0.6 is 0 Å². The number of carbonyl (C=O) groups excluding carboxylic acids is 1. The molecule has 0 radical (unpaired) electrons. The molecule has 1 fully saturated rings. The molecule has 3 aromatic rings. The van der Waals surface area contributed by atoms with Crippen molar-refractivity contribution in [3.8, 4) is 0 Å². The fourth-order valence-corrected chi connectivity index (χ4v) is 3.99. The molecule has 2 N–H and O–H groups in total. The maximum atomic E-state index is 12.6. The van der Waals surface area contributed by atoms with Crippen molar-refractivity contribution in [2.24, 2.45) is 5.92 Å². The zero-order valence-corrected chi connectivity index (χ0v) is 19.1. The van der Waals surface area contributed by atoms with Crippen molar-refractivity contribution in [2.45, 2.75) is 40.2 Å². The number of anilines is 3. The van der Waals surface area contributed by atoms with E-state index in [-0.39, 0.29) is 5.91 Å². The van der Waals surface area contributed by atoms with Crippen molar-refractivity contribution in [3.63, 3.8) is 0 Å². The van der Waals surface area contributed by atoms with Crippen LogP contribution in [0.5, 0.6) is 0 Å². The molecule has 2 heterocycles. The Balaban J connectivity index is 1.32. The fraction of sp³-hybridized carbons (Fsp3) is 0.346. The molecule has 1 amide bonds. The number of rotatable bonds is 6. The number of carbonyl (C=O) groups is 1. The second kappa shape index (κ2) is 9.92. The van der Waals surface area contributed by atoms with Crippen LogP contribution in [0.15, 0.2) is 54.6 Å². The molecule has 0 aliphatic carbocycles. The number of nitrogens with zero attached hydrogens (tertiary/aromatic N) is 3. The van der Waals surface area contributed by atoms with Crippen LogP contribution in [-0.2, 0) is 6.54 Å². The smallest absolute Gasteiger partial charge is 0.255 e. The molecule has 0 bridgehead atoms. The van der Waals surface area contributed by atoms with Crippen LogP contribution in [0.1, 0.15) is 47.1 Å². The van der Waals surface area contributed by atoms with Gasteiger partial charge >= 0.3 is 0 Å². The normalized spacial score (nSPS) is 14.8. The van der Waals surface area contributed by atoms with Gasteiger partial charge in [0.1, 0.15) is 0 Å². The van der Waals surface area contributed by atoms with E-state index < -0.39 is 0 Å². The highest BCUT2D eigenvalue weighted by molar-refractivity contribution is 6.04. The molecular formula is C26H31N5O. The van der Waals surface area contributed by atoms with Gasteiger partial charge in [-0.25, -0.2) is 9.97 Å². The van der Waals surface area contributed by atoms with Crippen LogP contribution in [0.2, 0.25) is 0 Å². The van der Waals surface area contributed by atoms with Crippen molar-refractivity contribution < 1.29 is 4.79 Å². The predicted molar refractivity (Wildman–Crippen MR) is 129 cm³/mol. The summed E-state index contributed by atoms with van der Waals surface area (Å²) in [5.74, 6) is 1.27. The summed E-state index contributed by atoms with van der Waals surface area (Å²) in [5, 5.41) is 6.17. The predicted octanol–water partition coefficient (Wildman–Crippen LogP) is 5.32. The number of benzene rings is 2. The summed E-state index contributed by atoms with van der Waals surface area (Å²) in [5.41, 5.74) is 5.34. The molecule has 0 unspecified atom stereocenters. The Kier molecular flexibility index (Phi) is 6.81. The van der Waals surface area contributed by atoms with Crippen molar-refractivity contribution in [2.75, 3.05) is 23.7 Å². The van der Waals surface area contributed by atoms with Gasteiger partial charge in [-0.3, -0.25) is 9.69 Å². The van der Waals surface area contributed by atoms with Crippen LogP contribution in [0.4, 0.5) is 17.3 Å². The van der Waals surface area contributed by atoms with E-state index >= 15 is 0 Å². The molecule has 1 saturated heterocycles. The summed E-state index contributed by atoms with van der Waals surface area (Å²) < 4.78 is 0. The monoisotopic (exact) mass is 429 g/mol. The molecule has 166 valence electrons. The second-order valence-electron chi connectivity index (χ2n) is 8.79. The lowest BCUT2D eigenvalue weighted by Crippen LogP contribution is -2.32. The lowest BCUT2D eigenvalue weighted by atomic mass is 9.99. The Morgan fingerprint density at radius 2 is 1.53 bits per heavy atom. The Hall–Kier alpha value is -3.25. The molecular weight excluding hydrogens is 398 g/mol. The van der Waals surface area contributed by atoms with Crippen molar-refractivity contribution >= 4 is 23.2 Å². The minimum atomic E-state index is -0.128. The first-order chi connectivity index (χ1) is 15.4. The van der Waals surface area contributed by atoms with E-state index in [1.165, 1.54) is 31.5 Å². The Labute approximate surface area is 190 Å². The van der Waals surface area contributed by atoms with Gasteiger partial charge in [0.25, 0.3) is 5.91 Å². The van der Waals surface area contributed by atoms with Gasteiger partial charge in [-0.05, 0) is 93.7 Å². The molecule has 6 heteroatoms. The summed E-state index contributed by atoms with van der Waals surface area (Å²) in [6, 6.07) is 17.4. The number of aromatic nitrogens is 2. The third-order valence-electron chi connectivity index (χ3n) is 5.88. The van der Waals surface area contributed by atoms with E-state index in [4.69, 9.17) is 0 Å². The molecule has 1 aromatic heterocycles. The number of amides is 1. The first-order valence-electron chi connectivity index (χ1n) is 11.3. The van der Waals surface area contributed by atoms with Crippen LogP contribution in [0.25, 0.3) is 0 Å². The second-order valence-corrected chi connectivity index (χ2v) is 8.79. The molecule has 0 spiro atoms. The lowest BCUT2D eigenvalue weighted by molar-refractivity contribution is 0.102. The first kappa shape index (κ1) is 22.0. The zero-order chi connectivity index (χ0) is 22.5. The van der Waals surface area contributed by atoms with Gasteiger partial charge in [0.2, 0.25) is 5.95 Å². The van der Waals surface area contributed by atoms with E-state index in [2.05, 4.69) is 44.6 Å². The summed E-state index contributed by atoms with van der Waals surface area (Å²) in [6.07, 6.45) is 2.56. The van der Waals surface area contributed by atoms with Gasteiger partial charge in [-0.15, -0.1) is 0 Å². The van der Waals surface area contributed by atoms with Crippen LogP contribution in [0, 0.1) is 19.8 Å². The van der Waals surface area contributed by atoms with Gasteiger partial charge < -0.3 is 10.6 Å². The maximum absolute atomic E-state index is 12.6. The van der Waals surface area contributed by atoms with Gasteiger partial charge in [0, 0.05) is 34.9 Å². The summed E-state index contributed by atoms with van der Waals surface area (Å²) in [6.45, 7) is 9.51. The Morgan fingerprint density at radius 1 is 0.938 bits per heavy atom. The highest BCUT2D eigenvalue weighted by Gasteiger charge is 2.15. The molecule has 0 atom stereocenters. The van der Waals surface area contributed by atoms with Crippen molar-refractivity contribution in [1.82, 2.24) is 14.9 Å².